The van der Waals surface area contributed by atoms with Gasteiger partial charge < -0.3 is 10.4 Å². The van der Waals surface area contributed by atoms with Gasteiger partial charge in [-0.2, -0.15) is 0 Å². The molecule has 0 aliphatic carbocycles. The Morgan fingerprint density at radius 3 is 2.50 bits per heavy atom. The predicted octanol–water partition coefficient (Wildman–Crippen LogP) is 1.33. The molecule has 1 aromatic carbocycles. The number of allylic oxidation sites excluding steroid dienone is 4. The number of likely N-dealkylation sites (tertiary alicyclic amines) is 1. The number of carbonyl (C=O) groups excluding carboxylic acids is 1. The van der Waals surface area contributed by atoms with Crippen molar-refractivity contribution in [3.63, 3.8) is 0 Å². The third-order valence-electron chi connectivity index (χ3n) is 4.32. The maximum absolute atomic E-state index is 11.3. The lowest BCUT2D eigenvalue weighted by Gasteiger charge is -2.17. The number of hydrogen-bond donors (Lipinski definition) is 3. The average molecular weight is 356 g/mol. The average Bonchev–Trinajstić information content (AvgIpc) is 2.87. The molecule has 5 nitrogen and oxygen atoms in total. The van der Waals surface area contributed by atoms with E-state index >= 15 is 0 Å². The highest BCUT2D eigenvalue weighted by Gasteiger charge is 2.36. The van der Waals surface area contributed by atoms with Crippen LogP contribution in [0.3, 0.4) is 0 Å². The summed E-state index contributed by atoms with van der Waals surface area (Å²) in [6, 6.07) is 10.8. The van der Waals surface area contributed by atoms with Crippen LogP contribution in [0.25, 0.3) is 0 Å². The fourth-order valence-electron chi connectivity index (χ4n) is 3.43. The number of aliphatic hydroxyl groups is 1. The van der Waals surface area contributed by atoms with E-state index in [-0.39, 0.29) is 23.6 Å². The van der Waals surface area contributed by atoms with Crippen LogP contribution in [0.5, 0.6) is 0 Å². The van der Waals surface area contributed by atoms with Gasteiger partial charge in [-0.3, -0.25) is 9.69 Å². The minimum Gasteiger partial charge on any atom is -0.512 e. The van der Waals surface area contributed by atoms with Crippen LogP contribution in [-0.4, -0.2) is 46.7 Å². The maximum atomic E-state index is 11.3. The van der Waals surface area contributed by atoms with Gasteiger partial charge in [-0.05, 0) is 32.4 Å². The van der Waals surface area contributed by atoms with Gasteiger partial charge in [-0.15, -0.1) is 0 Å². The van der Waals surface area contributed by atoms with Crippen molar-refractivity contribution >= 4 is 11.5 Å². The largest absolute Gasteiger partial charge is 0.512 e. The number of nitrogens with one attached hydrogen (secondary N) is 2. The van der Waals surface area contributed by atoms with E-state index in [2.05, 4.69) is 39.5 Å². The summed E-state index contributed by atoms with van der Waals surface area (Å²) in [6.45, 7) is 9.75. The van der Waals surface area contributed by atoms with Gasteiger partial charge in [0.1, 0.15) is 6.04 Å². The third kappa shape index (κ3) is 6.48. The highest BCUT2D eigenvalue weighted by atomic mass is 16.3. The van der Waals surface area contributed by atoms with Crippen molar-refractivity contribution in [2.75, 3.05) is 13.1 Å². The molecule has 0 saturated carbocycles. The number of aliphatic hydroxyl groups excluding tert-OH is 1. The maximum Gasteiger partial charge on any atom is 0.184 e. The van der Waals surface area contributed by atoms with Crippen molar-refractivity contribution in [2.24, 2.45) is 0 Å². The fourth-order valence-corrected chi connectivity index (χ4v) is 3.43. The van der Waals surface area contributed by atoms with Crippen molar-refractivity contribution in [2.45, 2.75) is 46.3 Å². The summed E-state index contributed by atoms with van der Waals surface area (Å²) in [5, 5.41) is 13.0. The van der Waals surface area contributed by atoms with E-state index in [1.54, 1.807) is 26.0 Å². The highest BCUT2D eigenvalue weighted by Crippen LogP contribution is 2.13. The molecule has 1 aliphatic rings. The molecular formula is C21H30N3O2+. The zero-order valence-electron chi connectivity index (χ0n) is 16.1. The minimum atomic E-state index is 0.0419. The summed E-state index contributed by atoms with van der Waals surface area (Å²) in [7, 11) is 0. The van der Waals surface area contributed by atoms with E-state index in [4.69, 9.17) is 0 Å². The molecule has 0 amide bonds. The van der Waals surface area contributed by atoms with Gasteiger partial charge in [0.05, 0.1) is 12.3 Å². The standard InChI is InChI=1S/C21H29N3O2/c1-15(10-17(3)25)22-20-13-24(12-19-8-6-5-7-9-19)14-21(20)23-16(2)11-18(4)26/h5-11,20-22,26H,12-14H2,1-4H3/p+1/b15-10?,18-11-,23-16?/t20-,21?/m1/s1. The molecule has 26 heavy (non-hydrogen) atoms. The summed E-state index contributed by atoms with van der Waals surface area (Å²) >= 11 is 0. The van der Waals surface area contributed by atoms with E-state index in [1.807, 2.05) is 19.9 Å². The van der Waals surface area contributed by atoms with Gasteiger partial charge in [0.2, 0.25) is 0 Å². The van der Waals surface area contributed by atoms with Gasteiger partial charge in [0.15, 0.2) is 17.5 Å². The van der Waals surface area contributed by atoms with Gasteiger partial charge in [-0.1, -0.05) is 30.3 Å². The van der Waals surface area contributed by atoms with E-state index in [0.29, 0.717) is 0 Å². The van der Waals surface area contributed by atoms with Crippen LogP contribution in [0.4, 0.5) is 0 Å². The Hall–Kier alpha value is -2.40. The first-order valence-corrected chi connectivity index (χ1v) is 9.02. The topological polar surface area (TPSA) is 66.5 Å². The molecule has 1 aromatic rings. The van der Waals surface area contributed by atoms with Crippen LogP contribution < -0.4 is 10.3 Å². The van der Waals surface area contributed by atoms with E-state index in [0.717, 1.165) is 31.0 Å². The first-order valence-electron chi connectivity index (χ1n) is 9.02. The van der Waals surface area contributed by atoms with Crippen LogP contribution in [0.15, 0.2) is 53.9 Å². The smallest absolute Gasteiger partial charge is 0.184 e. The molecule has 2 atom stereocenters. The second-order valence-corrected chi connectivity index (χ2v) is 7.09. The van der Waals surface area contributed by atoms with Crippen molar-refractivity contribution < 1.29 is 14.9 Å². The van der Waals surface area contributed by atoms with Crippen LogP contribution in [0.2, 0.25) is 0 Å². The molecule has 0 bridgehead atoms. The Kier molecular flexibility index (Phi) is 7.16. The molecule has 0 spiro atoms. The number of rotatable bonds is 7. The lowest BCUT2D eigenvalue weighted by atomic mass is 10.1. The summed E-state index contributed by atoms with van der Waals surface area (Å²) in [5.74, 6) is 0.325. The number of carbonyl (C=O) groups is 1. The Bertz CT molecular complexity index is 703. The number of nitrogens with zero attached hydrogens (tertiary/aromatic N) is 1. The molecule has 1 aliphatic heterocycles. The van der Waals surface area contributed by atoms with Crippen molar-refractivity contribution in [3.05, 3.63) is 59.5 Å². The van der Waals surface area contributed by atoms with Crippen LogP contribution in [0.1, 0.15) is 33.3 Å². The molecule has 1 heterocycles. The summed E-state index contributed by atoms with van der Waals surface area (Å²) < 4.78 is 0. The normalized spacial score (nSPS) is 22.5. The van der Waals surface area contributed by atoms with Gasteiger partial charge in [0, 0.05) is 31.8 Å². The monoisotopic (exact) mass is 356 g/mol. The molecule has 0 radical (unpaired) electrons. The molecule has 1 unspecified atom stereocenters. The SMILES string of the molecule is CC(=O)C=C(C)N[C@@H]1CN(Cc2ccccc2)CC1[NH+]=C(C)/C=C(/C)O. The second-order valence-electron chi connectivity index (χ2n) is 7.09. The lowest BCUT2D eigenvalue weighted by molar-refractivity contribution is -0.501. The Labute approximate surface area is 156 Å². The van der Waals surface area contributed by atoms with Gasteiger partial charge in [0.25, 0.3) is 0 Å². The van der Waals surface area contributed by atoms with Crippen LogP contribution in [0, 0.1) is 0 Å². The quantitative estimate of drug-likeness (QED) is 0.392. The predicted molar refractivity (Wildman–Crippen MR) is 105 cm³/mol. The summed E-state index contributed by atoms with van der Waals surface area (Å²) in [6.07, 6.45) is 3.36. The molecule has 2 rings (SSSR count). The van der Waals surface area contributed by atoms with Gasteiger partial charge >= 0.3 is 0 Å². The number of hydrogen-bond acceptors (Lipinski definition) is 4. The Balaban J connectivity index is 2.14. The van der Waals surface area contributed by atoms with Crippen molar-refractivity contribution in [1.82, 2.24) is 10.2 Å². The van der Waals surface area contributed by atoms with E-state index in [9.17, 15) is 9.90 Å². The van der Waals surface area contributed by atoms with Crippen LogP contribution in [-0.2, 0) is 11.3 Å². The number of ketones is 1. The first kappa shape index (κ1) is 19.9. The summed E-state index contributed by atoms with van der Waals surface area (Å²) in [4.78, 5) is 17.2. The van der Waals surface area contributed by atoms with E-state index in [1.165, 1.54) is 5.56 Å². The Morgan fingerprint density at radius 1 is 1.19 bits per heavy atom. The van der Waals surface area contributed by atoms with E-state index < -0.39 is 0 Å². The second kappa shape index (κ2) is 9.34. The zero-order chi connectivity index (χ0) is 19.1. The van der Waals surface area contributed by atoms with Gasteiger partial charge in [-0.25, -0.2) is 4.99 Å². The lowest BCUT2D eigenvalue weighted by Crippen LogP contribution is -2.83. The molecule has 5 heteroatoms. The molecular weight excluding hydrogens is 326 g/mol. The van der Waals surface area contributed by atoms with Crippen molar-refractivity contribution in [3.8, 4) is 0 Å². The number of benzene rings is 1. The molecule has 0 aromatic heterocycles. The zero-order valence-corrected chi connectivity index (χ0v) is 16.1. The summed E-state index contributed by atoms with van der Waals surface area (Å²) in [5.41, 5.74) is 3.09. The molecule has 1 fully saturated rings. The van der Waals surface area contributed by atoms with Crippen molar-refractivity contribution in [1.29, 1.82) is 0 Å². The van der Waals surface area contributed by atoms with Crippen LogP contribution >= 0.6 is 0 Å². The highest BCUT2D eigenvalue weighted by molar-refractivity contribution is 5.88. The third-order valence-corrected chi connectivity index (χ3v) is 4.32. The molecule has 140 valence electrons. The fraction of sp³-hybridized carbons (Fsp3) is 0.429. The first-order chi connectivity index (χ1) is 12.3. The molecule has 3 N–H and O–H groups in total. The Morgan fingerprint density at radius 2 is 1.88 bits per heavy atom. The molecule has 1 saturated heterocycles. The minimum absolute atomic E-state index is 0.0419.